The van der Waals surface area contributed by atoms with Gasteiger partial charge >= 0.3 is 0 Å². The Morgan fingerprint density at radius 2 is 1.81 bits per heavy atom. The van der Waals surface area contributed by atoms with Crippen LogP contribution in [0.3, 0.4) is 0 Å². The third kappa shape index (κ3) is 3.86. The molecule has 2 aromatic rings. The summed E-state index contributed by atoms with van der Waals surface area (Å²) < 4.78 is 24.2. The van der Waals surface area contributed by atoms with Crippen molar-refractivity contribution >= 4 is 11.6 Å². The van der Waals surface area contributed by atoms with Crippen LogP contribution in [-0.2, 0) is 6.61 Å². The van der Waals surface area contributed by atoms with Crippen molar-refractivity contribution in [2.24, 2.45) is 5.73 Å². The molecule has 0 aliphatic rings. The maximum Gasteiger partial charge on any atom is 0.125 e. The Morgan fingerprint density at radius 1 is 1.19 bits per heavy atom. The first kappa shape index (κ1) is 15.6. The van der Waals surface area contributed by atoms with Crippen molar-refractivity contribution in [3.8, 4) is 11.5 Å². The Hall–Kier alpha value is -1.78. The molecule has 0 heterocycles. The van der Waals surface area contributed by atoms with E-state index >= 15 is 0 Å². The summed E-state index contributed by atoms with van der Waals surface area (Å²) >= 11 is 6.10. The van der Waals surface area contributed by atoms with Crippen molar-refractivity contribution in [2.75, 3.05) is 7.11 Å². The Kier molecular flexibility index (Phi) is 5.04. The average molecular weight is 310 g/mol. The molecule has 2 N–H and O–H groups in total. The van der Waals surface area contributed by atoms with Crippen molar-refractivity contribution in [1.82, 2.24) is 0 Å². The smallest absolute Gasteiger partial charge is 0.125 e. The molecule has 0 aromatic heterocycles. The molecule has 2 aromatic carbocycles. The van der Waals surface area contributed by atoms with Gasteiger partial charge in [0.05, 0.1) is 12.1 Å². The summed E-state index contributed by atoms with van der Waals surface area (Å²) in [6, 6.07) is 9.52. The lowest BCUT2D eigenvalue weighted by molar-refractivity contribution is 0.303. The second-order valence-electron chi connectivity index (χ2n) is 4.71. The third-order valence-electron chi connectivity index (χ3n) is 3.13. The molecule has 0 amide bonds. The van der Waals surface area contributed by atoms with Gasteiger partial charge in [0.25, 0.3) is 0 Å². The Morgan fingerprint density at radius 3 is 2.38 bits per heavy atom. The summed E-state index contributed by atoms with van der Waals surface area (Å²) in [5.41, 5.74) is 7.21. The molecule has 112 valence electrons. The van der Waals surface area contributed by atoms with Crippen LogP contribution in [0, 0.1) is 5.82 Å². The van der Waals surface area contributed by atoms with E-state index in [1.165, 1.54) is 12.1 Å². The van der Waals surface area contributed by atoms with Crippen molar-refractivity contribution in [1.29, 1.82) is 0 Å². The zero-order chi connectivity index (χ0) is 15.4. The van der Waals surface area contributed by atoms with Gasteiger partial charge in [-0.3, -0.25) is 0 Å². The highest BCUT2D eigenvalue weighted by Crippen LogP contribution is 2.27. The predicted molar refractivity (Wildman–Crippen MR) is 81.3 cm³/mol. The van der Waals surface area contributed by atoms with Crippen LogP contribution in [0.4, 0.5) is 4.39 Å². The fourth-order valence-electron chi connectivity index (χ4n) is 2.01. The molecule has 0 radical (unpaired) electrons. The highest BCUT2D eigenvalue weighted by Gasteiger charge is 2.13. The lowest BCUT2D eigenvalue weighted by atomic mass is 10.0. The van der Waals surface area contributed by atoms with Gasteiger partial charge in [0.15, 0.2) is 0 Å². The number of rotatable bonds is 5. The Labute approximate surface area is 128 Å². The van der Waals surface area contributed by atoms with Crippen molar-refractivity contribution in [2.45, 2.75) is 19.6 Å². The molecule has 1 atom stereocenters. The van der Waals surface area contributed by atoms with E-state index < -0.39 is 5.82 Å². The van der Waals surface area contributed by atoms with E-state index in [4.69, 9.17) is 26.8 Å². The van der Waals surface area contributed by atoms with Crippen molar-refractivity contribution < 1.29 is 13.9 Å². The number of benzene rings is 2. The lowest BCUT2D eigenvalue weighted by Crippen LogP contribution is -2.11. The maximum absolute atomic E-state index is 13.4. The van der Waals surface area contributed by atoms with Crippen molar-refractivity contribution in [3.05, 3.63) is 58.4 Å². The number of nitrogens with two attached hydrogens (primary N) is 1. The highest BCUT2D eigenvalue weighted by atomic mass is 35.5. The molecule has 21 heavy (non-hydrogen) atoms. The maximum atomic E-state index is 13.4. The molecule has 0 aliphatic heterocycles. The lowest BCUT2D eigenvalue weighted by Gasteiger charge is -2.15. The molecule has 3 nitrogen and oxygen atoms in total. The van der Waals surface area contributed by atoms with E-state index in [1.54, 1.807) is 38.3 Å². The van der Waals surface area contributed by atoms with E-state index in [9.17, 15) is 4.39 Å². The van der Waals surface area contributed by atoms with Gasteiger partial charge < -0.3 is 15.2 Å². The standard InChI is InChI=1S/C16H17ClFNO2/c1-10(19)14-7-11(18)8-16(17)15(14)9-21-13-5-3-12(20-2)4-6-13/h3-8,10H,9,19H2,1-2H3/t10-/m0/s1. The molecule has 0 spiro atoms. The Balaban J connectivity index is 2.18. The first-order chi connectivity index (χ1) is 10.0. The molecule has 0 aliphatic carbocycles. The molecule has 0 bridgehead atoms. The number of methoxy groups -OCH3 is 1. The van der Waals surface area contributed by atoms with Crippen LogP contribution in [0.5, 0.6) is 11.5 Å². The van der Waals surface area contributed by atoms with Crippen LogP contribution in [0.2, 0.25) is 5.02 Å². The number of halogens is 2. The zero-order valence-electron chi connectivity index (χ0n) is 11.9. The third-order valence-corrected chi connectivity index (χ3v) is 3.47. The second kappa shape index (κ2) is 6.78. The molecule has 0 fully saturated rings. The van der Waals surface area contributed by atoms with Crippen LogP contribution in [0.25, 0.3) is 0 Å². The average Bonchev–Trinajstić information content (AvgIpc) is 2.46. The van der Waals surface area contributed by atoms with E-state index in [0.717, 1.165) is 5.75 Å². The molecular formula is C16H17ClFNO2. The quantitative estimate of drug-likeness (QED) is 0.905. The highest BCUT2D eigenvalue weighted by molar-refractivity contribution is 6.31. The summed E-state index contributed by atoms with van der Waals surface area (Å²) in [4.78, 5) is 0. The predicted octanol–water partition coefficient (Wildman–Crippen LogP) is 4.09. The van der Waals surface area contributed by atoms with Crippen molar-refractivity contribution in [3.63, 3.8) is 0 Å². The van der Waals surface area contributed by atoms with Crippen LogP contribution < -0.4 is 15.2 Å². The SMILES string of the molecule is COc1ccc(OCc2c(Cl)cc(F)cc2[C@H](C)N)cc1. The second-order valence-corrected chi connectivity index (χ2v) is 5.12. The van der Waals surface area contributed by atoms with Gasteiger partial charge in [-0.25, -0.2) is 4.39 Å². The van der Waals surface area contributed by atoms with Gasteiger partial charge in [-0.05, 0) is 48.9 Å². The van der Waals surface area contributed by atoms with Gasteiger partial charge in [-0.1, -0.05) is 11.6 Å². The number of hydrogen-bond donors (Lipinski definition) is 1. The molecule has 0 unspecified atom stereocenters. The molecule has 0 saturated carbocycles. The molecule has 2 rings (SSSR count). The van der Waals surface area contributed by atoms with Gasteiger partial charge in [0, 0.05) is 11.6 Å². The minimum Gasteiger partial charge on any atom is -0.497 e. The zero-order valence-corrected chi connectivity index (χ0v) is 12.7. The number of ether oxygens (including phenoxy) is 2. The fourth-order valence-corrected chi connectivity index (χ4v) is 2.28. The van der Waals surface area contributed by atoms with Crippen LogP contribution >= 0.6 is 11.6 Å². The van der Waals surface area contributed by atoms with Gasteiger partial charge in [0.2, 0.25) is 0 Å². The minimum atomic E-state index is -0.402. The van der Waals surface area contributed by atoms with Gasteiger partial charge in [-0.15, -0.1) is 0 Å². The van der Waals surface area contributed by atoms with Gasteiger partial charge in [-0.2, -0.15) is 0 Å². The minimum absolute atomic E-state index is 0.225. The monoisotopic (exact) mass is 309 g/mol. The number of hydrogen-bond acceptors (Lipinski definition) is 3. The summed E-state index contributed by atoms with van der Waals surface area (Å²) in [6.45, 7) is 2.00. The van der Waals surface area contributed by atoms with Crippen LogP contribution in [0.15, 0.2) is 36.4 Å². The van der Waals surface area contributed by atoms with E-state index in [0.29, 0.717) is 21.9 Å². The van der Waals surface area contributed by atoms with Crippen LogP contribution in [-0.4, -0.2) is 7.11 Å². The summed E-state index contributed by atoms with van der Waals surface area (Å²) in [5, 5.41) is 0.316. The molecule has 0 saturated heterocycles. The van der Waals surface area contributed by atoms with Crippen LogP contribution in [0.1, 0.15) is 24.1 Å². The molecule has 5 heteroatoms. The first-order valence-corrected chi connectivity index (χ1v) is 6.89. The molecular weight excluding hydrogens is 293 g/mol. The Bertz CT molecular complexity index is 614. The summed E-state index contributed by atoms with van der Waals surface area (Å²) in [5.74, 6) is 1.02. The van der Waals surface area contributed by atoms with E-state index in [2.05, 4.69) is 0 Å². The topological polar surface area (TPSA) is 44.5 Å². The normalized spacial score (nSPS) is 12.0. The first-order valence-electron chi connectivity index (χ1n) is 6.51. The fraction of sp³-hybridized carbons (Fsp3) is 0.250. The van der Waals surface area contributed by atoms with E-state index in [1.807, 2.05) is 0 Å². The summed E-state index contributed by atoms with van der Waals surface area (Å²) in [6.07, 6.45) is 0. The summed E-state index contributed by atoms with van der Waals surface area (Å²) in [7, 11) is 1.60. The van der Waals surface area contributed by atoms with Gasteiger partial charge in [0.1, 0.15) is 23.9 Å². The largest absolute Gasteiger partial charge is 0.497 e. The van der Waals surface area contributed by atoms with E-state index in [-0.39, 0.29) is 12.6 Å².